The lowest BCUT2D eigenvalue weighted by Gasteiger charge is -2.05. The summed E-state index contributed by atoms with van der Waals surface area (Å²) in [6.45, 7) is 2.00. The van der Waals surface area contributed by atoms with Gasteiger partial charge < -0.3 is 10.1 Å². The average molecular weight is 291 g/mol. The van der Waals surface area contributed by atoms with Crippen LogP contribution in [0.15, 0.2) is 39.4 Å². The van der Waals surface area contributed by atoms with E-state index in [1.165, 1.54) is 18.3 Å². The molecule has 0 unspecified atom stereocenters. The first-order valence-electron chi connectivity index (χ1n) is 6.06. The molecule has 0 bridgehead atoms. The maximum absolute atomic E-state index is 11.2. The Hall–Kier alpha value is -2.15. The number of nitrogens with zero attached hydrogens (tertiary/aromatic N) is 2. The normalized spacial score (nSPS) is 10.4. The van der Waals surface area contributed by atoms with E-state index in [2.05, 4.69) is 15.0 Å². The smallest absolute Gasteiger partial charge is 0.335 e. The van der Waals surface area contributed by atoms with Crippen LogP contribution in [-0.2, 0) is 6.42 Å². The number of aryl methyl sites for hydroxylation is 1. The standard InChI is InChI=1S/C13H13N3O3S/c1-2-3-9-6-8(12(18)19)7-11(15-9)20-13-14-5-4-10(17)16-13/h4-7H,2-3H2,1H3,(H,18,19)(H,14,16,17). The van der Waals surface area contributed by atoms with Gasteiger partial charge in [0.25, 0.3) is 5.56 Å². The van der Waals surface area contributed by atoms with Crippen LogP contribution in [0.4, 0.5) is 0 Å². The topological polar surface area (TPSA) is 95.9 Å². The zero-order chi connectivity index (χ0) is 14.5. The molecule has 0 aromatic carbocycles. The minimum absolute atomic E-state index is 0.184. The minimum Gasteiger partial charge on any atom is -0.478 e. The van der Waals surface area contributed by atoms with E-state index in [1.54, 1.807) is 6.07 Å². The van der Waals surface area contributed by atoms with Crippen LogP contribution < -0.4 is 5.56 Å². The number of hydrogen-bond donors (Lipinski definition) is 2. The average Bonchev–Trinajstić information content (AvgIpc) is 2.38. The predicted octanol–water partition coefficient (Wildman–Crippen LogP) is 1.97. The molecule has 104 valence electrons. The van der Waals surface area contributed by atoms with E-state index in [9.17, 15) is 9.59 Å². The first kappa shape index (κ1) is 14.3. The van der Waals surface area contributed by atoms with Gasteiger partial charge >= 0.3 is 5.97 Å². The van der Waals surface area contributed by atoms with E-state index in [-0.39, 0.29) is 11.1 Å². The Morgan fingerprint density at radius 2 is 2.25 bits per heavy atom. The number of aromatic nitrogens is 3. The van der Waals surface area contributed by atoms with E-state index >= 15 is 0 Å². The Balaban J connectivity index is 2.35. The highest BCUT2D eigenvalue weighted by molar-refractivity contribution is 7.99. The summed E-state index contributed by atoms with van der Waals surface area (Å²) in [6, 6.07) is 4.35. The predicted molar refractivity (Wildman–Crippen MR) is 74.2 cm³/mol. The molecule has 2 N–H and O–H groups in total. The summed E-state index contributed by atoms with van der Waals surface area (Å²) in [4.78, 5) is 33.2. The molecule has 6 nitrogen and oxygen atoms in total. The molecule has 2 heterocycles. The molecule has 20 heavy (non-hydrogen) atoms. The number of aromatic carboxylic acids is 1. The van der Waals surface area contributed by atoms with Crippen LogP contribution in [0.25, 0.3) is 0 Å². The Kier molecular flexibility index (Phi) is 4.52. The summed E-state index contributed by atoms with van der Waals surface area (Å²) in [6.07, 6.45) is 2.98. The van der Waals surface area contributed by atoms with Gasteiger partial charge in [-0.3, -0.25) is 4.79 Å². The molecule has 0 aliphatic carbocycles. The molecule has 0 fully saturated rings. The maximum Gasteiger partial charge on any atom is 0.335 e. The third-order valence-electron chi connectivity index (χ3n) is 2.46. The summed E-state index contributed by atoms with van der Waals surface area (Å²) >= 11 is 1.13. The molecule has 0 radical (unpaired) electrons. The summed E-state index contributed by atoms with van der Waals surface area (Å²) in [5.74, 6) is -0.999. The Bertz CT molecular complexity index is 685. The molecule has 7 heteroatoms. The van der Waals surface area contributed by atoms with Crippen molar-refractivity contribution in [1.82, 2.24) is 15.0 Å². The molecule has 0 amide bonds. The van der Waals surface area contributed by atoms with Gasteiger partial charge in [-0.1, -0.05) is 13.3 Å². The van der Waals surface area contributed by atoms with E-state index in [0.717, 1.165) is 18.2 Å². The number of pyridine rings is 1. The van der Waals surface area contributed by atoms with E-state index in [0.29, 0.717) is 22.3 Å². The van der Waals surface area contributed by atoms with E-state index in [4.69, 9.17) is 5.11 Å². The Morgan fingerprint density at radius 3 is 2.90 bits per heavy atom. The van der Waals surface area contributed by atoms with Crippen LogP contribution in [0.5, 0.6) is 0 Å². The number of carboxylic acids is 1. The third-order valence-corrected chi connectivity index (χ3v) is 3.28. The lowest BCUT2D eigenvalue weighted by atomic mass is 10.2. The molecule has 0 saturated heterocycles. The molecule has 2 aromatic heterocycles. The number of aromatic amines is 1. The van der Waals surface area contributed by atoms with E-state index < -0.39 is 5.97 Å². The SMILES string of the molecule is CCCc1cc(C(=O)O)cc(Sc2nccc(=O)[nH]2)n1. The van der Waals surface area contributed by atoms with Gasteiger partial charge in [0, 0.05) is 18.0 Å². The second-order valence-electron chi connectivity index (χ2n) is 4.08. The van der Waals surface area contributed by atoms with Crippen molar-refractivity contribution in [3.63, 3.8) is 0 Å². The second-order valence-corrected chi connectivity index (χ2v) is 5.09. The van der Waals surface area contributed by atoms with Crippen molar-refractivity contribution in [2.24, 2.45) is 0 Å². The monoisotopic (exact) mass is 291 g/mol. The molecule has 0 saturated carbocycles. The van der Waals surface area contributed by atoms with Crippen molar-refractivity contribution >= 4 is 17.7 Å². The molecule has 2 aromatic rings. The van der Waals surface area contributed by atoms with Crippen LogP contribution >= 0.6 is 11.8 Å². The summed E-state index contributed by atoms with van der Waals surface area (Å²) in [5, 5.41) is 9.99. The largest absolute Gasteiger partial charge is 0.478 e. The Morgan fingerprint density at radius 1 is 1.45 bits per heavy atom. The highest BCUT2D eigenvalue weighted by Gasteiger charge is 2.10. The van der Waals surface area contributed by atoms with Gasteiger partial charge in [-0.15, -0.1) is 0 Å². The van der Waals surface area contributed by atoms with Gasteiger partial charge in [-0.2, -0.15) is 0 Å². The minimum atomic E-state index is -0.999. The van der Waals surface area contributed by atoms with Gasteiger partial charge in [-0.05, 0) is 30.3 Å². The number of carbonyl (C=O) groups is 1. The summed E-state index contributed by atoms with van der Waals surface area (Å²) in [7, 11) is 0. The van der Waals surface area contributed by atoms with Crippen molar-refractivity contribution in [3.8, 4) is 0 Å². The zero-order valence-electron chi connectivity index (χ0n) is 10.8. The van der Waals surface area contributed by atoms with Crippen LogP contribution in [0, 0.1) is 0 Å². The maximum atomic E-state index is 11.2. The zero-order valence-corrected chi connectivity index (χ0v) is 11.6. The van der Waals surface area contributed by atoms with Crippen LogP contribution in [0.1, 0.15) is 29.4 Å². The Labute approximate surface area is 119 Å². The summed E-state index contributed by atoms with van der Waals surface area (Å²) in [5.41, 5.74) is 0.642. The molecule has 0 aliphatic heterocycles. The molecule has 0 aliphatic rings. The number of H-pyrrole nitrogens is 1. The van der Waals surface area contributed by atoms with Crippen molar-refractivity contribution < 1.29 is 9.90 Å². The molecule has 0 atom stereocenters. The molecule has 0 spiro atoms. The van der Waals surface area contributed by atoms with Crippen LogP contribution in [0.3, 0.4) is 0 Å². The quantitative estimate of drug-likeness (QED) is 0.818. The number of rotatable bonds is 5. The first-order valence-corrected chi connectivity index (χ1v) is 6.87. The van der Waals surface area contributed by atoms with Crippen molar-refractivity contribution in [2.45, 2.75) is 29.9 Å². The summed E-state index contributed by atoms with van der Waals surface area (Å²) < 4.78 is 0. The number of hydrogen-bond acceptors (Lipinski definition) is 5. The molecular weight excluding hydrogens is 278 g/mol. The van der Waals surface area contributed by atoms with Gasteiger partial charge in [-0.25, -0.2) is 14.8 Å². The number of carboxylic acid groups (broad SMARTS) is 1. The van der Waals surface area contributed by atoms with Gasteiger partial charge in [0.2, 0.25) is 0 Å². The van der Waals surface area contributed by atoms with Gasteiger partial charge in [0.15, 0.2) is 5.16 Å². The van der Waals surface area contributed by atoms with Crippen LogP contribution in [-0.4, -0.2) is 26.0 Å². The highest BCUT2D eigenvalue weighted by atomic mass is 32.2. The van der Waals surface area contributed by atoms with E-state index in [1.807, 2.05) is 6.92 Å². The third kappa shape index (κ3) is 3.67. The first-order chi connectivity index (χ1) is 9.58. The van der Waals surface area contributed by atoms with Crippen molar-refractivity contribution in [2.75, 3.05) is 0 Å². The lowest BCUT2D eigenvalue weighted by molar-refractivity contribution is 0.0696. The van der Waals surface area contributed by atoms with Crippen molar-refractivity contribution in [3.05, 3.63) is 46.0 Å². The second kappa shape index (κ2) is 6.33. The molecular formula is C13H13N3O3S. The highest BCUT2D eigenvalue weighted by Crippen LogP contribution is 2.23. The van der Waals surface area contributed by atoms with Gasteiger partial charge in [0.1, 0.15) is 5.03 Å². The van der Waals surface area contributed by atoms with Crippen LogP contribution in [0.2, 0.25) is 0 Å². The number of nitrogens with one attached hydrogen (secondary N) is 1. The van der Waals surface area contributed by atoms with Gasteiger partial charge in [0.05, 0.1) is 5.56 Å². The van der Waals surface area contributed by atoms with Crippen molar-refractivity contribution in [1.29, 1.82) is 0 Å². The lowest BCUT2D eigenvalue weighted by Crippen LogP contribution is -2.06. The fourth-order valence-electron chi connectivity index (χ4n) is 1.62. The fourth-order valence-corrected chi connectivity index (χ4v) is 2.44. The molecule has 2 rings (SSSR count). The fraction of sp³-hybridized carbons (Fsp3) is 0.231.